The molecule has 0 aromatic carbocycles. The Morgan fingerprint density at radius 2 is 2.00 bits per heavy atom. The van der Waals surface area contributed by atoms with Gasteiger partial charge in [0.2, 0.25) is 0 Å². The molecule has 0 aliphatic heterocycles. The second-order valence-electron chi connectivity index (χ2n) is 4.60. The standard InChI is InChI=1S/C13H23NO2/c1-10(16-5)11(9-15)8-12(6-7-14)13(2,3)4/h6,8,15H,1,7,9,14H2,2-5H3/b11-8-,12-6+. The third kappa shape index (κ3) is 4.64. The molecule has 0 heterocycles. The van der Waals surface area contributed by atoms with Gasteiger partial charge in [-0.2, -0.15) is 0 Å². The third-order valence-corrected chi connectivity index (χ3v) is 2.31. The summed E-state index contributed by atoms with van der Waals surface area (Å²) in [6.07, 6.45) is 3.83. The molecule has 0 saturated heterocycles. The Hall–Kier alpha value is -1.06. The van der Waals surface area contributed by atoms with Crippen molar-refractivity contribution in [1.29, 1.82) is 0 Å². The zero-order valence-electron chi connectivity index (χ0n) is 10.7. The number of allylic oxidation sites excluding steroid dienone is 2. The van der Waals surface area contributed by atoms with Crippen LogP contribution in [0, 0.1) is 5.41 Å². The molecule has 0 spiro atoms. The molecule has 0 amide bonds. The summed E-state index contributed by atoms with van der Waals surface area (Å²) in [5.41, 5.74) is 7.25. The fraction of sp³-hybridized carbons (Fsp3) is 0.538. The molecule has 0 aliphatic carbocycles. The van der Waals surface area contributed by atoms with Crippen LogP contribution < -0.4 is 5.73 Å². The molecule has 0 fully saturated rings. The molecule has 0 aliphatic rings. The lowest BCUT2D eigenvalue weighted by atomic mass is 9.85. The van der Waals surface area contributed by atoms with E-state index < -0.39 is 0 Å². The van der Waals surface area contributed by atoms with Crippen molar-refractivity contribution in [3.8, 4) is 0 Å². The quantitative estimate of drug-likeness (QED) is 0.556. The molecule has 3 nitrogen and oxygen atoms in total. The first-order valence-corrected chi connectivity index (χ1v) is 5.32. The summed E-state index contributed by atoms with van der Waals surface area (Å²) in [7, 11) is 1.54. The lowest BCUT2D eigenvalue weighted by Crippen LogP contribution is -2.11. The van der Waals surface area contributed by atoms with Crippen LogP contribution in [0.1, 0.15) is 20.8 Å². The Labute approximate surface area is 98.3 Å². The highest BCUT2D eigenvalue weighted by molar-refractivity contribution is 5.36. The summed E-state index contributed by atoms with van der Waals surface area (Å²) < 4.78 is 5.01. The van der Waals surface area contributed by atoms with Gasteiger partial charge in [-0.15, -0.1) is 0 Å². The van der Waals surface area contributed by atoms with Gasteiger partial charge in [0.1, 0.15) is 5.76 Å². The van der Waals surface area contributed by atoms with Crippen LogP contribution in [0.3, 0.4) is 0 Å². The molecule has 0 radical (unpaired) electrons. The van der Waals surface area contributed by atoms with E-state index in [0.29, 0.717) is 17.9 Å². The van der Waals surface area contributed by atoms with Crippen molar-refractivity contribution in [2.24, 2.45) is 11.1 Å². The Bertz CT molecular complexity index is 296. The van der Waals surface area contributed by atoms with Gasteiger partial charge in [-0.3, -0.25) is 0 Å². The molecule has 0 aromatic rings. The van der Waals surface area contributed by atoms with Crippen molar-refractivity contribution >= 4 is 0 Å². The minimum atomic E-state index is -0.0926. The topological polar surface area (TPSA) is 55.5 Å². The largest absolute Gasteiger partial charge is 0.497 e. The molecule has 0 saturated carbocycles. The maximum Gasteiger partial charge on any atom is 0.117 e. The summed E-state index contributed by atoms with van der Waals surface area (Å²) >= 11 is 0. The summed E-state index contributed by atoms with van der Waals surface area (Å²) in [6, 6.07) is 0. The van der Waals surface area contributed by atoms with Crippen LogP contribution in [0.2, 0.25) is 0 Å². The predicted molar refractivity (Wildman–Crippen MR) is 67.9 cm³/mol. The van der Waals surface area contributed by atoms with Crippen LogP contribution in [0.4, 0.5) is 0 Å². The van der Waals surface area contributed by atoms with E-state index in [-0.39, 0.29) is 12.0 Å². The van der Waals surface area contributed by atoms with Crippen LogP contribution in [-0.4, -0.2) is 25.4 Å². The van der Waals surface area contributed by atoms with Gasteiger partial charge in [-0.05, 0) is 17.1 Å². The van der Waals surface area contributed by atoms with Gasteiger partial charge in [-0.1, -0.05) is 33.4 Å². The van der Waals surface area contributed by atoms with Crippen molar-refractivity contribution in [2.75, 3.05) is 20.3 Å². The van der Waals surface area contributed by atoms with E-state index >= 15 is 0 Å². The normalized spacial score (nSPS) is 13.9. The van der Waals surface area contributed by atoms with E-state index in [9.17, 15) is 5.11 Å². The molecular weight excluding hydrogens is 202 g/mol. The molecule has 0 unspecified atom stereocenters. The Balaban J connectivity index is 5.18. The van der Waals surface area contributed by atoms with E-state index in [4.69, 9.17) is 10.5 Å². The first-order valence-electron chi connectivity index (χ1n) is 5.32. The smallest absolute Gasteiger partial charge is 0.117 e. The number of rotatable bonds is 5. The molecule has 0 bridgehead atoms. The fourth-order valence-corrected chi connectivity index (χ4v) is 1.24. The number of aliphatic hydroxyl groups is 1. The van der Waals surface area contributed by atoms with Gasteiger partial charge >= 0.3 is 0 Å². The van der Waals surface area contributed by atoms with E-state index in [1.165, 1.54) is 7.11 Å². The van der Waals surface area contributed by atoms with Crippen LogP contribution in [0.25, 0.3) is 0 Å². The Kier molecular flexibility index (Phi) is 6.08. The lowest BCUT2D eigenvalue weighted by Gasteiger charge is -2.21. The highest BCUT2D eigenvalue weighted by Crippen LogP contribution is 2.28. The van der Waals surface area contributed by atoms with Crippen LogP contribution in [0.15, 0.2) is 35.6 Å². The molecule has 16 heavy (non-hydrogen) atoms. The summed E-state index contributed by atoms with van der Waals surface area (Å²) in [5, 5.41) is 9.24. The molecule has 3 heteroatoms. The van der Waals surface area contributed by atoms with Gasteiger partial charge in [0.05, 0.1) is 13.7 Å². The highest BCUT2D eigenvalue weighted by atomic mass is 16.5. The molecule has 0 rings (SSSR count). The molecular formula is C13H23NO2. The average molecular weight is 225 g/mol. The lowest BCUT2D eigenvalue weighted by molar-refractivity contribution is 0.273. The predicted octanol–water partition coefficient (Wildman–Crippen LogP) is 2.00. The van der Waals surface area contributed by atoms with Gasteiger partial charge in [-0.25, -0.2) is 0 Å². The summed E-state index contributed by atoms with van der Waals surface area (Å²) in [6.45, 7) is 10.4. The summed E-state index contributed by atoms with van der Waals surface area (Å²) in [4.78, 5) is 0. The zero-order chi connectivity index (χ0) is 12.8. The maximum absolute atomic E-state index is 9.24. The van der Waals surface area contributed by atoms with Crippen molar-refractivity contribution in [2.45, 2.75) is 20.8 Å². The van der Waals surface area contributed by atoms with E-state index in [1.807, 2.05) is 12.2 Å². The minimum absolute atomic E-state index is 0.0200. The fourth-order valence-electron chi connectivity index (χ4n) is 1.24. The number of nitrogens with two attached hydrogens (primary N) is 1. The molecule has 3 N–H and O–H groups in total. The number of ether oxygens (including phenoxy) is 1. The van der Waals surface area contributed by atoms with Gasteiger partial charge in [0, 0.05) is 12.1 Å². The van der Waals surface area contributed by atoms with Crippen molar-refractivity contribution in [3.63, 3.8) is 0 Å². The number of hydrogen-bond donors (Lipinski definition) is 2. The van der Waals surface area contributed by atoms with E-state index in [0.717, 1.165) is 5.57 Å². The second-order valence-corrected chi connectivity index (χ2v) is 4.60. The Morgan fingerprint density at radius 1 is 1.44 bits per heavy atom. The van der Waals surface area contributed by atoms with Crippen LogP contribution >= 0.6 is 0 Å². The van der Waals surface area contributed by atoms with E-state index in [2.05, 4.69) is 27.4 Å². The number of hydrogen-bond acceptors (Lipinski definition) is 3. The molecule has 0 atom stereocenters. The zero-order valence-corrected chi connectivity index (χ0v) is 10.7. The SMILES string of the molecule is C=C(OC)/C(=C\C(=C/CN)C(C)(C)C)CO. The number of aliphatic hydroxyl groups excluding tert-OH is 1. The minimum Gasteiger partial charge on any atom is -0.497 e. The maximum atomic E-state index is 9.24. The molecule has 0 aromatic heterocycles. The van der Waals surface area contributed by atoms with Gasteiger partial charge < -0.3 is 15.6 Å². The van der Waals surface area contributed by atoms with Gasteiger partial charge in [0.15, 0.2) is 0 Å². The van der Waals surface area contributed by atoms with E-state index in [1.54, 1.807) is 0 Å². The van der Waals surface area contributed by atoms with Gasteiger partial charge in [0.25, 0.3) is 0 Å². The van der Waals surface area contributed by atoms with Crippen molar-refractivity contribution in [3.05, 3.63) is 35.6 Å². The monoisotopic (exact) mass is 225 g/mol. The first-order chi connectivity index (χ1) is 7.36. The van der Waals surface area contributed by atoms with Crippen molar-refractivity contribution < 1.29 is 9.84 Å². The summed E-state index contributed by atoms with van der Waals surface area (Å²) in [5.74, 6) is 0.481. The first kappa shape index (κ1) is 14.9. The molecule has 92 valence electrons. The van der Waals surface area contributed by atoms with Crippen LogP contribution in [0.5, 0.6) is 0 Å². The highest BCUT2D eigenvalue weighted by Gasteiger charge is 2.16. The number of methoxy groups -OCH3 is 1. The van der Waals surface area contributed by atoms with Crippen LogP contribution in [-0.2, 0) is 4.74 Å². The second kappa shape index (κ2) is 6.51. The van der Waals surface area contributed by atoms with Crippen molar-refractivity contribution in [1.82, 2.24) is 0 Å². The Morgan fingerprint density at radius 3 is 2.31 bits per heavy atom. The third-order valence-electron chi connectivity index (χ3n) is 2.31. The average Bonchev–Trinajstić information content (AvgIpc) is 2.21.